The van der Waals surface area contributed by atoms with Gasteiger partial charge in [0.25, 0.3) is 0 Å². The Balaban J connectivity index is 2.73. The largest absolute Gasteiger partial charge is 0.373 e. The molecule has 0 saturated carbocycles. The molecule has 1 rings (SSSR count). The fourth-order valence-corrected chi connectivity index (χ4v) is 1.04. The number of nitrogen functional groups attached to an aromatic ring is 1. The molecule has 0 amide bonds. The molecule has 0 aromatic carbocycles. The molecule has 5 nitrogen and oxygen atoms in total. The van der Waals surface area contributed by atoms with E-state index in [4.69, 9.17) is 5.73 Å². The Morgan fingerprint density at radius 2 is 1.87 bits per heavy atom. The van der Waals surface area contributed by atoms with Gasteiger partial charge in [0.05, 0.1) is 0 Å². The van der Waals surface area contributed by atoms with E-state index in [-0.39, 0.29) is 11.4 Å². The average Bonchev–Trinajstić information content (AvgIpc) is 2.13. The van der Waals surface area contributed by atoms with Gasteiger partial charge in [0, 0.05) is 19.7 Å². The maximum absolute atomic E-state index is 5.57. The lowest BCUT2D eigenvalue weighted by atomic mass is 9.97. The Labute approximate surface area is 90.5 Å². The van der Waals surface area contributed by atoms with Gasteiger partial charge in [-0.3, -0.25) is 0 Å². The molecule has 1 aromatic heterocycles. The average molecular weight is 209 g/mol. The van der Waals surface area contributed by atoms with Crippen molar-refractivity contribution < 1.29 is 0 Å². The van der Waals surface area contributed by atoms with Crippen LogP contribution in [0.3, 0.4) is 0 Å². The summed E-state index contributed by atoms with van der Waals surface area (Å²) in [6.45, 7) is 7.31. The highest BCUT2D eigenvalue weighted by Crippen LogP contribution is 2.16. The van der Waals surface area contributed by atoms with Crippen LogP contribution >= 0.6 is 0 Å². The topological polar surface area (TPSA) is 75.9 Å². The molecule has 0 bridgehead atoms. The number of nitrogens with two attached hydrogens (primary N) is 1. The van der Waals surface area contributed by atoms with Gasteiger partial charge < -0.3 is 16.4 Å². The Morgan fingerprint density at radius 3 is 2.40 bits per heavy atom. The molecule has 0 aliphatic carbocycles. The molecule has 0 atom stereocenters. The van der Waals surface area contributed by atoms with Crippen LogP contribution in [0.2, 0.25) is 0 Å². The van der Waals surface area contributed by atoms with E-state index in [2.05, 4.69) is 41.4 Å². The second kappa shape index (κ2) is 4.33. The third-order valence-electron chi connectivity index (χ3n) is 1.80. The summed E-state index contributed by atoms with van der Waals surface area (Å²) in [5.41, 5.74) is 5.78. The molecule has 84 valence electrons. The smallest absolute Gasteiger partial charge is 0.223 e. The van der Waals surface area contributed by atoms with Crippen LogP contribution in [0, 0.1) is 5.41 Å². The molecule has 15 heavy (non-hydrogen) atoms. The van der Waals surface area contributed by atoms with Gasteiger partial charge in [-0.05, 0) is 5.41 Å². The van der Waals surface area contributed by atoms with Crippen molar-refractivity contribution in [2.75, 3.05) is 30.0 Å². The van der Waals surface area contributed by atoms with E-state index < -0.39 is 0 Å². The van der Waals surface area contributed by atoms with Gasteiger partial charge in [-0.1, -0.05) is 20.8 Å². The second-order valence-corrected chi connectivity index (χ2v) is 4.66. The lowest BCUT2D eigenvalue weighted by molar-refractivity contribution is 0.442. The summed E-state index contributed by atoms with van der Waals surface area (Å²) in [6, 6.07) is 1.84. The highest BCUT2D eigenvalue weighted by molar-refractivity contribution is 5.50. The van der Waals surface area contributed by atoms with E-state index in [9.17, 15) is 0 Å². The van der Waals surface area contributed by atoms with Crippen molar-refractivity contribution in [1.29, 1.82) is 0 Å². The number of rotatable bonds is 3. The van der Waals surface area contributed by atoms with Gasteiger partial charge in [0.15, 0.2) is 0 Å². The maximum Gasteiger partial charge on any atom is 0.223 e. The summed E-state index contributed by atoms with van der Waals surface area (Å²) in [4.78, 5) is 8.11. The van der Waals surface area contributed by atoms with E-state index in [1.54, 1.807) is 7.05 Å². The van der Waals surface area contributed by atoms with Crippen LogP contribution in [-0.2, 0) is 0 Å². The summed E-state index contributed by atoms with van der Waals surface area (Å²) < 4.78 is 0. The lowest BCUT2D eigenvalue weighted by Gasteiger charge is -2.19. The molecule has 0 aliphatic heterocycles. The van der Waals surface area contributed by atoms with Crippen molar-refractivity contribution in [3.8, 4) is 0 Å². The normalized spacial score (nSPS) is 11.2. The first-order valence-corrected chi connectivity index (χ1v) is 4.97. The molecule has 4 N–H and O–H groups in total. The molecule has 0 unspecified atom stereocenters. The van der Waals surface area contributed by atoms with Crippen molar-refractivity contribution in [3.05, 3.63) is 6.07 Å². The Bertz CT molecular complexity index is 329. The van der Waals surface area contributed by atoms with Gasteiger partial charge >= 0.3 is 0 Å². The van der Waals surface area contributed by atoms with Gasteiger partial charge in [-0.25, -0.2) is 0 Å². The minimum atomic E-state index is 0.208. The van der Waals surface area contributed by atoms with Crippen molar-refractivity contribution in [2.45, 2.75) is 20.8 Å². The zero-order chi connectivity index (χ0) is 11.5. The first-order chi connectivity index (χ1) is 6.90. The Morgan fingerprint density at radius 1 is 1.27 bits per heavy atom. The van der Waals surface area contributed by atoms with E-state index in [1.807, 2.05) is 6.07 Å². The second-order valence-electron chi connectivity index (χ2n) is 4.66. The number of nitrogens with one attached hydrogen (secondary N) is 2. The van der Waals surface area contributed by atoms with Crippen molar-refractivity contribution >= 4 is 17.6 Å². The Kier molecular flexibility index (Phi) is 3.34. The number of aromatic nitrogens is 2. The highest BCUT2D eigenvalue weighted by Gasteiger charge is 2.10. The standard InChI is InChI=1S/C10H19N5/c1-10(2,3)6-13-8-5-7(12-4)14-9(11)15-8/h5H,6H2,1-4H3,(H4,11,12,13,14,15). The summed E-state index contributed by atoms with van der Waals surface area (Å²) in [5, 5.41) is 6.16. The summed E-state index contributed by atoms with van der Waals surface area (Å²) >= 11 is 0. The minimum Gasteiger partial charge on any atom is -0.373 e. The fourth-order valence-electron chi connectivity index (χ4n) is 1.04. The van der Waals surface area contributed by atoms with Crippen LogP contribution < -0.4 is 16.4 Å². The minimum absolute atomic E-state index is 0.208. The number of anilines is 3. The zero-order valence-electron chi connectivity index (χ0n) is 9.76. The summed E-state index contributed by atoms with van der Waals surface area (Å²) in [6.07, 6.45) is 0. The molecule has 1 aromatic rings. The first-order valence-electron chi connectivity index (χ1n) is 4.97. The third kappa shape index (κ3) is 4.01. The van der Waals surface area contributed by atoms with E-state index in [0.29, 0.717) is 0 Å². The summed E-state index contributed by atoms with van der Waals surface area (Å²) in [7, 11) is 1.80. The molecule has 1 heterocycles. The van der Waals surface area contributed by atoms with Crippen LogP contribution in [-0.4, -0.2) is 23.6 Å². The maximum atomic E-state index is 5.57. The van der Waals surface area contributed by atoms with E-state index >= 15 is 0 Å². The van der Waals surface area contributed by atoms with Crippen molar-refractivity contribution in [1.82, 2.24) is 9.97 Å². The van der Waals surface area contributed by atoms with Crippen LogP contribution in [0.5, 0.6) is 0 Å². The van der Waals surface area contributed by atoms with Gasteiger partial charge in [-0.2, -0.15) is 9.97 Å². The van der Waals surface area contributed by atoms with Gasteiger partial charge in [-0.15, -0.1) is 0 Å². The number of nitrogens with zero attached hydrogens (tertiary/aromatic N) is 2. The van der Waals surface area contributed by atoms with E-state index in [0.717, 1.165) is 18.2 Å². The molecule has 0 aliphatic rings. The molecule has 0 spiro atoms. The van der Waals surface area contributed by atoms with Gasteiger partial charge in [0.2, 0.25) is 5.95 Å². The SMILES string of the molecule is CNc1cc(NCC(C)(C)C)nc(N)n1. The Hall–Kier alpha value is -1.52. The van der Waals surface area contributed by atoms with Crippen LogP contribution in [0.15, 0.2) is 6.07 Å². The monoisotopic (exact) mass is 209 g/mol. The van der Waals surface area contributed by atoms with Crippen molar-refractivity contribution in [3.63, 3.8) is 0 Å². The summed E-state index contributed by atoms with van der Waals surface area (Å²) in [5.74, 6) is 1.75. The predicted octanol–water partition coefficient (Wildman–Crippen LogP) is 1.56. The quantitative estimate of drug-likeness (QED) is 0.704. The van der Waals surface area contributed by atoms with Crippen LogP contribution in [0.1, 0.15) is 20.8 Å². The van der Waals surface area contributed by atoms with Gasteiger partial charge in [0.1, 0.15) is 11.6 Å². The highest BCUT2D eigenvalue weighted by atomic mass is 15.1. The molecular formula is C10H19N5. The van der Waals surface area contributed by atoms with Crippen LogP contribution in [0.25, 0.3) is 0 Å². The predicted molar refractivity (Wildman–Crippen MR) is 63.9 cm³/mol. The molecule has 0 fully saturated rings. The van der Waals surface area contributed by atoms with Crippen LogP contribution in [0.4, 0.5) is 17.6 Å². The molecule has 0 saturated heterocycles. The zero-order valence-corrected chi connectivity index (χ0v) is 9.76. The fraction of sp³-hybridized carbons (Fsp3) is 0.600. The molecular weight excluding hydrogens is 190 g/mol. The number of hydrogen-bond acceptors (Lipinski definition) is 5. The number of hydrogen-bond donors (Lipinski definition) is 3. The molecule has 0 radical (unpaired) electrons. The van der Waals surface area contributed by atoms with Crippen molar-refractivity contribution in [2.24, 2.45) is 5.41 Å². The first kappa shape index (κ1) is 11.6. The van der Waals surface area contributed by atoms with E-state index in [1.165, 1.54) is 0 Å². The molecule has 5 heteroatoms. The third-order valence-corrected chi connectivity index (χ3v) is 1.80. The lowest BCUT2D eigenvalue weighted by Crippen LogP contribution is -2.20.